The van der Waals surface area contributed by atoms with Gasteiger partial charge < -0.3 is 15.3 Å². The Morgan fingerprint density at radius 2 is 1.50 bits per heavy atom. The second kappa shape index (κ2) is 10.4. The summed E-state index contributed by atoms with van der Waals surface area (Å²) in [7, 11) is 0. The maximum atomic E-state index is 10.2. The molecule has 74 valence electrons. The van der Waals surface area contributed by atoms with Crippen LogP contribution in [0.2, 0.25) is 0 Å². The Morgan fingerprint density at radius 3 is 1.50 bits per heavy atom. The molecule has 0 amide bonds. The van der Waals surface area contributed by atoms with E-state index in [4.69, 9.17) is 15.3 Å². The average Bonchev–Trinajstić information content (AvgIpc) is 2.07. The summed E-state index contributed by atoms with van der Waals surface area (Å²) in [5, 5.41) is 23.6. The number of carbonyl (C=O) groups is 1. The Labute approximate surface area is 72.8 Å². The highest BCUT2D eigenvalue weighted by Gasteiger charge is 2.10. The highest BCUT2D eigenvalue weighted by molar-refractivity contribution is 5.69. The van der Waals surface area contributed by atoms with Gasteiger partial charge in [-0.2, -0.15) is 0 Å². The summed E-state index contributed by atoms with van der Waals surface area (Å²) in [6, 6.07) is 0. The van der Waals surface area contributed by atoms with Crippen molar-refractivity contribution in [2.75, 3.05) is 13.2 Å². The van der Waals surface area contributed by atoms with Gasteiger partial charge in [0.15, 0.2) is 0 Å². The molecule has 0 spiro atoms. The Hall–Kier alpha value is -0.610. The number of carboxylic acids is 1. The van der Waals surface area contributed by atoms with Gasteiger partial charge in [0.1, 0.15) is 0 Å². The van der Waals surface area contributed by atoms with E-state index in [1.54, 1.807) is 0 Å². The molecule has 0 radical (unpaired) electrons. The van der Waals surface area contributed by atoms with Crippen LogP contribution in [0.1, 0.15) is 26.7 Å². The zero-order valence-corrected chi connectivity index (χ0v) is 7.66. The molecule has 0 aromatic heterocycles. The molecule has 0 unspecified atom stereocenters. The normalized spacial score (nSPS) is 9.08. The predicted molar refractivity (Wildman–Crippen MR) is 45.9 cm³/mol. The lowest BCUT2D eigenvalue weighted by Gasteiger charge is -2.02. The molecule has 12 heavy (non-hydrogen) atoms. The van der Waals surface area contributed by atoms with E-state index in [-0.39, 0.29) is 19.1 Å². The van der Waals surface area contributed by atoms with Crippen molar-refractivity contribution in [2.45, 2.75) is 26.7 Å². The van der Waals surface area contributed by atoms with Gasteiger partial charge in [0.05, 0.1) is 19.1 Å². The van der Waals surface area contributed by atoms with Crippen LogP contribution < -0.4 is 0 Å². The van der Waals surface area contributed by atoms with Crippen molar-refractivity contribution in [1.29, 1.82) is 0 Å². The number of hydrogen-bond donors (Lipinski definition) is 3. The molecular formula is C8H18O4. The van der Waals surface area contributed by atoms with E-state index >= 15 is 0 Å². The number of aliphatic hydroxyl groups is 2. The maximum absolute atomic E-state index is 10.2. The van der Waals surface area contributed by atoms with Crippen molar-refractivity contribution < 1.29 is 20.1 Å². The molecule has 0 aliphatic rings. The lowest BCUT2D eigenvalue weighted by atomic mass is 10.1. The van der Waals surface area contributed by atoms with E-state index in [1.807, 2.05) is 13.8 Å². The van der Waals surface area contributed by atoms with Crippen molar-refractivity contribution in [3.8, 4) is 0 Å². The van der Waals surface area contributed by atoms with Gasteiger partial charge in [-0.25, -0.2) is 0 Å². The van der Waals surface area contributed by atoms with Crippen molar-refractivity contribution in [2.24, 2.45) is 5.92 Å². The van der Waals surface area contributed by atoms with Gasteiger partial charge in [-0.3, -0.25) is 4.79 Å². The third-order valence-corrected chi connectivity index (χ3v) is 1.43. The standard InChI is InChI=1S/C6H12O2.C2H6O2/c1-3-5(4-2)6(7)8;3-1-2-4/h5H,3-4H2,1-2H3,(H,7,8);3-4H,1-2H2. The summed E-state index contributed by atoms with van der Waals surface area (Å²) in [5.41, 5.74) is 0. The summed E-state index contributed by atoms with van der Waals surface area (Å²) in [6.07, 6.45) is 1.48. The van der Waals surface area contributed by atoms with E-state index in [2.05, 4.69) is 0 Å². The first kappa shape index (κ1) is 13.9. The fourth-order valence-electron chi connectivity index (χ4n) is 0.638. The summed E-state index contributed by atoms with van der Waals surface area (Å²) >= 11 is 0. The van der Waals surface area contributed by atoms with Crippen LogP contribution in [-0.2, 0) is 4.79 Å². The number of carboxylic acid groups (broad SMARTS) is 1. The van der Waals surface area contributed by atoms with Crippen LogP contribution in [0.25, 0.3) is 0 Å². The fraction of sp³-hybridized carbons (Fsp3) is 0.875. The van der Waals surface area contributed by atoms with Crippen LogP contribution in [0, 0.1) is 5.92 Å². The minimum absolute atomic E-state index is 0.125. The molecule has 0 aliphatic carbocycles. The molecule has 0 atom stereocenters. The SMILES string of the molecule is CCC(CC)C(=O)O.OCCO. The summed E-state index contributed by atoms with van der Waals surface area (Å²) < 4.78 is 0. The van der Waals surface area contributed by atoms with Crippen molar-refractivity contribution >= 4 is 5.97 Å². The first-order valence-corrected chi connectivity index (χ1v) is 4.08. The molecular weight excluding hydrogens is 160 g/mol. The Bertz CT molecular complexity index is 97.2. The second-order valence-corrected chi connectivity index (χ2v) is 2.30. The lowest BCUT2D eigenvalue weighted by molar-refractivity contribution is -0.141. The van der Waals surface area contributed by atoms with Gasteiger partial charge in [0.25, 0.3) is 0 Å². The van der Waals surface area contributed by atoms with E-state index < -0.39 is 5.97 Å². The van der Waals surface area contributed by atoms with Crippen LogP contribution in [0.15, 0.2) is 0 Å². The fourth-order valence-corrected chi connectivity index (χ4v) is 0.638. The minimum atomic E-state index is -0.671. The van der Waals surface area contributed by atoms with Gasteiger partial charge in [0, 0.05) is 0 Å². The highest BCUT2D eigenvalue weighted by Crippen LogP contribution is 2.05. The molecule has 0 heterocycles. The number of rotatable bonds is 4. The molecule has 0 aromatic rings. The highest BCUT2D eigenvalue weighted by atomic mass is 16.4. The topological polar surface area (TPSA) is 77.8 Å². The second-order valence-electron chi connectivity index (χ2n) is 2.30. The third kappa shape index (κ3) is 9.39. The smallest absolute Gasteiger partial charge is 0.306 e. The van der Waals surface area contributed by atoms with Crippen LogP contribution in [0.3, 0.4) is 0 Å². The number of hydrogen-bond acceptors (Lipinski definition) is 3. The Kier molecular flexibility index (Phi) is 12.1. The van der Waals surface area contributed by atoms with Crippen molar-refractivity contribution in [1.82, 2.24) is 0 Å². The largest absolute Gasteiger partial charge is 0.481 e. The van der Waals surface area contributed by atoms with E-state index in [9.17, 15) is 4.79 Å². The molecule has 0 aliphatic heterocycles. The molecule has 4 heteroatoms. The zero-order valence-electron chi connectivity index (χ0n) is 7.66. The van der Waals surface area contributed by atoms with Crippen LogP contribution in [0.4, 0.5) is 0 Å². The average molecular weight is 178 g/mol. The predicted octanol–water partition coefficient (Wildman–Crippen LogP) is 0.478. The van der Waals surface area contributed by atoms with Gasteiger partial charge in [-0.1, -0.05) is 13.8 Å². The van der Waals surface area contributed by atoms with Crippen LogP contribution in [-0.4, -0.2) is 34.5 Å². The molecule has 0 aromatic carbocycles. The first-order valence-electron chi connectivity index (χ1n) is 4.08. The maximum Gasteiger partial charge on any atom is 0.306 e. The van der Waals surface area contributed by atoms with Gasteiger partial charge in [-0.15, -0.1) is 0 Å². The molecule has 0 bridgehead atoms. The number of aliphatic carboxylic acids is 1. The lowest BCUT2D eigenvalue weighted by Crippen LogP contribution is -2.10. The van der Waals surface area contributed by atoms with E-state index in [1.165, 1.54) is 0 Å². The minimum Gasteiger partial charge on any atom is -0.481 e. The number of aliphatic hydroxyl groups excluding tert-OH is 2. The zero-order chi connectivity index (χ0) is 9.98. The van der Waals surface area contributed by atoms with Gasteiger partial charge in [-0.05, 0) is 12.8 Å². The first-order chi connectivity index (χ1) is 5.63. The molecule has 0 saturated heterocycles. The summed E-state index contributed by atoms with van der Waals surface area (Å²) in [5.74, 6) is -0.801. The summed E-state index contributed by atoms with van der Waals surface area (Å²) in [6.45, 7) is 3.53. The van der Waals surface area contributed by atoms with Crippen molar-refractivity contribution in [3.63, 3.8) is 0 Å². The van der Waals surface area contributed by atoms with Gasteiger partial charge >= 0.3 is 5.97 Å². The Morgan fingerprint density at radius 1 is 1.17 bits per heavy atom. The van der Waals surface area contributed by atoms with Crippen LogP contribution >= 0.6 is 0 Å². The van der Waals surface area contributed by atoms with E-state index in [0.717, 1.165) is 12.8 Å². The quantitative estimate of drug-likeness (QED) is 0.585. The monoisotopic (exact) mass is 178 g/mol. The molecule has 3 N–H and O–H groups in total. The molecule has 0 saturated carbocycles. The third-order valence-electron chi connectivity index (χ3n) is 1.43. The molecule has 4 nitrogen and oxygen atoms in total. The van der Waals surface area contributed by atoms with Gasteiger partial charge in [0.2, 0.25) is 0 Å². The summed E-state index contributed by atoms with van der Waals surface area (Å²) in [4.78, 5) is 10.2. The molecule has 0 fully saturated rings. The van der Waals surface area contributed by atoms with Crippen molar-refractivity contribution in [3.05, 3.63) is 0 Å². The molecule has 0 rings (SSSR count). The van der Waals surface area contributed by atoms with E-state index in [0.29, 0.717) is 0 Å². The van der Waals surface area contributed by atoms with Crippen LogP contribution in [0.5, 0.6) is 0 Å². The Balaban J connectivity index is 0.